The van der Waals surface area contributed by atoms with E-state index in [0.29, 0.717) is 11.0 Å². The summed E-state index contributed by atoms with van der Waals surface area (Å²) in [6.07, 6.45) is 0.815. The lowest BCUT2D eigenvalue weighted by Gasteiger charge is -2.16. The standard InChI is InChI=1S/C18H26N6O2S/c1-5-12-8-6-7-9-13(12)21-14(25)10-20-15(26)11-27-17-23-22-16(24(17)19)18(2,3)4/h6-9H,5,10-11,19H2,1-4H3,(H,20,26)(H,21,25). The van der Waals surface area contributed by atoms with Crippen LogP contribution in [0.15, 0.2) is 29.4 Å². The summed E-state index contributed by atoms with van der Waals surface area (Å²) in [4.78, 5) is 24.0. The quantitative estimate of drug-likeness (QED) is 0.490. The molecule has 0 aliphatic rings. The lowest BCUT2D eigenvalue weighted by Crippen LogP contribution is -2.34. The number of para-hydroxylation sites is 1. The summed E-state index contributed by atoms with van der Waals surface area (Å²) in [7, 11) is 0. The topological polar surface area (TPSA) is 115 Å². The molecule has 2 amide bonds. The summed E-state index contributed by atoms with van der Waals surface area (Å²) >= 11 is 1.17. The number of anilines is 1. The summed E-state index contributed by atoms with van der Waals surface area (Å²) in [5, 5.41) is 14.0. The number of aryl methyl sites for hydroxylation is 1. The Labute approximate surface area is 163 Å². The van der Waals surface area contributed by atoms with E-state index >= 15 is 0 Å². The van der Waals surface area contributed by atoms with Crippen LogP contribution in [0.1, 0.15) is 39.1 Å². The van der Waals surface area contributed by atoms with Gasteiger partial charge in [0.2, 0.25) is 17.0 Å². The minimum atomic E-state index is -0.278. The molecule has 0 unspecified atom stereocenters. The van der Waals surface area contributed by atoms with Crippen molar-refractivity contribution >= 4 is 29.3 Å². The smallest absolute Gasteiger partial charge is 0.243 e. The van der Waals surface area contributed by atoms with E-state index in [1.165, 1.54) is 16.4 Å². The fraction of sp³-hybridized carbons (Fsp3) is 0.444. The lowest BCUT2D eigenvalue weighted by atomic mass is 9.96. The molecule has 27 heavy (non-hydrogen) atoms. The molecule has 0 radical (unpaired) electrons. The van der Waals surface area contributed by atoms with Gasteiger partial charge in [-0.3, -0.25) is 9.59 Å². The number of amides is 2. The first-order chi connectivity index (χ1) is 12.7. The van der Waals surface area contributed by atoms with Crippen molar-refractivity contribution in [3.63, 3.8) is 0 Å². The van der Waals surface area contributed by atoms with Crippen LogP contribution in [-0.4, -0.2) is 39.0 Å². The highest BCUT2D eigenvalue weighted by Crippen LogP contribution is 2.23. The van der Waals surface area contributed by atoms with Gasteiger partial charge < -0.3 is 16.5 Å². The maximum Gasteiger partial charge on any atom is 0.243 e. The second-order valence-corrected chi connectivity index (χ2v) is 7.99. The summed E-state index contributed by atoms with van der Waals surface area (Å²) < 4.78 is 1.40. The van der Waals surface area contributed by atoms with E-state index in [1.54, 1.807) is 0 Å². The molecule has 1 aromatic heterocycles. The van der Waals surface area contributed by atoms with E-state index in [2.05, 4.69) is 20.8 Å². The van der Waals surface area contributed by atoms with Crippen molar-refractivity contribution in [3.8, 4) is 0 Å². The first kappa shape index (κ1) is 20.8. The summed E-state index contributed by atoms with van der Waals surface area (Å²) in [5.74, 6) is 6.17. The predicted octanol–water partition coefficient (Wildman–Crippen LogP) is 1.70. The van der Waals surface area contributed by atoms with Gasteiger partial charge in [-0.1, -0.05) is 57.7 Å². The number of carbonyl (C=O) groups excluding carboxylic acids is 2. The van der Waals surface area contributed by atoms with Crippen molar-refractivity contribution in [2.75, 3.05) is 23.5 Å². The van der Waals surface area contributed by atoms with Crippen LogP contribution in [0.25, 0.3) is 0 Å². The second kappa shape index (κ2) is 8.90. The molecule has 0 saturated carbocycles. The van der Waals surface area contributed by atoms with Crippen molar-refractivity contribution in [2.45, 2.75) is 44.7 Å². The van der Waals surface area contributed by atoms with Gasteiger partial charge >= 0.3 is 0 Å². The largest absolute Gasteiger partial charge is 0.346 e. The molecule has 2 aromatic rings. The normalized spacial score (nSPS) is 11.3. The number of hydrogen-bond donors (Lipinski definition) is 3. The van der Waals surface area contributed by atoms with E-state index < -0.39 is 0 Å². The van der Waals surface area contributed by atoms with Crippen LogP contribution in [0, 0.1) is 0 Å². The molecule has 146 valence electrons. The second-order valence-electron chi connectivity index (χ2n) is 7.05. The third-order valence-corrected chi connectivity index (χ3v) is 4.73. The number of rotatable bonds is 7. The van der Waals surface area contributed by atoms with Crippen LogP contribution in [0.3, 0.4) is 0 Å². The van der Waals surface area contributed by atoms with Gasteiger partial charge in [0, 0.05) is 11.1 Å². The Hall–Kier alpha value is -2.55. The van der Waals surface area contributed by atoms with Crippen molar-refractivity contribution in [2.24, 2.45) is 0 Å². The first-order valence-corrected chi connectivity index (χ1v) is 9.69. The van der Waals surface area contributed by atoms with Gasteiger partial charge in [-0.25, -0.2) is 4.68 Å². The average molecular weight is 391 g/mol. The first-order valence-electron chi connectivity index (χ1n) is 8.70. The molecule has 8 nitrogen and oxygen atoms in total. The Morgan fingerprint density at radius 1 is 1.19 bits per heavy atom. The van der Waals surface area contributed by atoms with Crippen LogP contribution in [0.2, 0.25) is 0 Å². The Kier molecular flexibility index (Phi) is 6.84. The molecule has 0 bridgehead atoms. The lowest BCUT2D eigenvalue weighted by molar-refractivity contribution is -0.122. The van der Waals surface area contributed by atoms with E-state index in [4.69, 9.17) is 5.84 Å². The van der Waals surface area contributed by atoms with E-state index in [-0.39, 0.29) is 29.5 Å². The number of thioether (sulfide) groups is 1. The van der Waals surface area contributed by atoms with Crippen molar-refractivity contribution in [1.82, 2.24) is 20.2 Å². The Balaban J connectivity index is 1.81. The van der Waals surface area contributed by atoms with Gasteiger partial charge in [-0.15, -0.1) is 10.2 Å². The highest BCUT2D eigenvalue weighted by Gasteiger charge is 2.23. The molecule has 0 saturated heterocycles. The molecule has 9 heteroatoms. The minimum Gasteiger partial charge on any atom is -0.346 e. The fourth-order valence-electron chi connectivity index (χ4n) is 2.39. The van der Waals surface area contributed by atoms with Crippen LogP contribution in [0.4, 0.5) is 5.69 Å². The van der Waals surface area contributed by atoms with Crippen molar-refractivity contribution < 1.29 is 9.59 Å². The molecule has 1 heterocycles. The van der Waals surface area contributed by atoms with Gasteiger partial charge in [0.1, 0.15) is 0 Å². The van der Waals surface area contributed by atoms with Crippen LogP contribution >= 0.6 is 11.8 Å². The van der Waals surface area contributed by atoms with Gasteiger partial charge in [0.25, 0.3) is 0 Å². The molecule has 0 fully saturated rings. The molecule has 4 N–H and O–H groups in total. The number of carbonyl (C=O) groups is 2. The number of nitrogens with two attached hydrogens (primary N) is 1. The summed E-state index contributed by atoms with van der Waals surface area (Å²) in [6, 6.07) is 7.59. The van der Waals surface area contributed by atoms with E-state index in [1.807, 2.05) is 52.0 Å². The zero-order valence-corrected chi connectivity index (χ0v) is 16.9. The fourth-order valence-corrected chi connectivity index (χ4v) is 3.08. The molecule has 0 aliphatic carbocycles. The molecular formula is C18H26N6O2S. The van der Waals surface area contributed by atoms with Gasteiger partial charge in [0.05, 0.1) is 12.3 Å². The highest BCUT2D eigenvalue weighted by molar-refractivity contribution is 7.99. The molecule has 0 spiro atoms. The molecule has 1 aromatic carbocycles. The van der Waals surface area contributed by atoms with Crippen LogP contribution in [-0.2, 0) is 21.4 Å². The van der Waals surface area contributed by atoms with Gasteiger partial charge in [0.15, 0.2) is 5.82 Å². The number of nitrogen functional groups attached to an aromatic ring is 1. The highest BCUT2D eigenvalue weighted by atomic mass is 32.2. The number of hydrogen-bond acceptors (Lipinski definition) is 6. The molecule has 2 rings (SSSR count). The number of nitrogens with one attached hydrogen (secondary N) is 2. The SMILES string of the molecule is CCc1ccccc1NC(=O)CNC(=O)CSc1nnc(C(C)(C)C)n1N. The summed E-state index contributed by atoms with van der Waals surface area (Å²) in [6.45, 7) is 7.87. The molecule has 0 aliphatic heterocycles. The zero-order valence-electron chi connectivity index (χ0n) is 16.1. The van der Waals surface area contributed by atoms with E-state index in [0.717, 1.165) is 17.7 Å². The monoisotopic (exact) mass is 390 g/mol. The summed E-state index contributed by atoms with van der Waals surface area (Å²) in [5.41, 5.74) is 1.57. The Morgan fingerprint density at radius 3 is 2.52 bits per heavy atom. The Bertz CT molecular complexity index is 812. The number of aromatic nitrogens is 3. The van der Waals surface area contributed by atoms with Crippen LogP contribution in [0.5, 0.6) is 0 Å². The Morgan fingerprint density at radius 2 is 1.89 bits per heavy atom. The zero-order chi connectivity index (χ0) is 20.0. The van der Waals surface area contributed by atoms with Gasteiger partial charge in [-0.05, 0) is 18.1 Å². The third-order valence-electron chi connectivity index (χ3n) is 3.79. The number of benzene rings is 1. The molecular weight excluding hydrogens is 364 g/mol. The van der Waals surface area contributed by atoms with Gasteiger partial charge in [-0.2, -0.15) is 0 Å². The molecule has 0 atom stereocenters. The van der Waals surface area contributed by atoms with Crippen molar-refractivity contribution in [3.05, 3.63) is 35.7 Å². The maximum absolute atomic E-state index is 12.0. The van der Waals surface area contributed by atoms with Crippen molar-refractivity contribution in [1.29, 1.82) is 0 Å². The maximum atomic E-state index is 12.0. The van der Waals surface area contributed by atoms with Crippen LogP contribution < -0.4 is 16.5 Å². The average Bonchev–Trinajstić information content (AvgIpc) is 2.99. The van der Waals surface area contributed by atoms with E-state index in [9.17, 15) is 9.59 Å². The minimum absolute atomic E-state index is 0.0955. The number of nitrogens with zero attached hydrogens (tertiary/aromatic N) is 3. The third kappa shape index (κ3) is 5.72. The predicted molar refractivity (Wildman–Crippen MR) is 107 cm³/mol.